The van der Waals surface area contributed by atoms with Crippen LogP contribution in [0.4, 0.5) is 0 Å². The van der Waals surface area contributed by atoms with Crippen molar-refractivity contribution in [1.29, 1.82) is 5.26 Å². The molecule has 0 bridgehead atoms. The van der Waals surface area contributed by atoms with Gasteiger partial charge < -0.3 is 10.4 Å². The number of nitrogens with one attached hydrogen (secondary N) is 1. The van der Waals surface area contributed by atoms with Crippen LogP contribution in [0.15, 0.2) is 0 Å². The van der Waals surface area contributed by atoms with Crippen LogP contribution >= 0.6 is 0 Å². The molecule has 13 heavy (non-hydrogen) atoms. The van der Waals surface area contributed by atoms with Crippen LogP contribution in [0.1, 0.15) is 40.0 Å². The number of nitrogens with zero attached hydrogens (tertiary/aromatic N) is 1. The van der Waals surface area contributed by atoms with Gasteiger partial charge in [-0.25, -0.2) is 0 Å². The predicted octanol–water partition coefficient (Wildman–Crippen LogP) is 1.43. The number of hydrogen-bond donors (Lipinski definition) is 2. The van der Waals surface area contributed by atoms with Crippen molar-refractivity contribution in [3.05, 3.63) is 0 Å². The monoisotopic (exact) mass is 184 g/mol. The standard InChI is InChI=1S/C10H20N2O/c1-4-9(6-7-11)12-10(3,5-2)8-13/h9,12-13H,4-6,8H2,1-3H3. The minimum Gasteiger partial charge on any atom is -0.394 e. The smallest absolute Gasteiger partial charge is 0.0638 e. The summed E-state index contributed by atoms with van der Waals surface area (Å²) in [6, 6.07) is 2.34. The van der Waals surface area contributed by atoms with Gasteiger partial charge in [0.15, 0.2) is 0 Å². The van der Waals surface area contributed by atoms with Crippen molar-refractivity contribution in [2.45, 2.75) is 51.6 Å². The van der Waals surface area contributed by atoms with Crippen molar-refractivity contribution in [2.75, 3.05) is 6.61 Å². The SMILES string of the molecule is CCC(CC#N)NC(C)(CC)CO. The van der Waals surface area contributed by atoms with Gasteiger partial charge in [-0.3, -0.25) is 0 Å². The van der Waals surface area contributed by atoms with Crippen LogP contribution in [0.2, 0.25) is 0 Å². The third-order valence-electron chi connectivity index (χ3n) is 2.51. The van der Waals surface area contributed by atoms with E-state index in [2.05, 4.69) is 11.4 Å². The van der Waals surface area contributed by atoms with Crippen LogP contribution in [0.3, 0.4) is 0 Å². The van der Waals surface area contributed by atoms with Crippen LogP contribution in [-0.2, 0) is 0 Å². The number of hydrogen-bond acceptors (Lipinski definition) is 3. The van der Waals surface area contributed by atoms with Gasteiger partial charge in [0.1, 0.15) is 0 Å². The fraction of sp³-hybridized carbons (Fsp3) is 0.900. The lowest BCUT2D eigenvalue weighted by Crippen LogP contribution is -2.50. The lowest BCUT2D eigenvalue weighted by atomic mass is 9.97. The molecule has 0 saturated heterocycles. The third-order valence-corrected chi connectivity index (χ3v) is 2.51. The molecule has 0 amide bonds. The Kier molecular flexibility index (Phi) is 5.68. The van der Waals surface area contributed by atoms with Crippen molar-refractivity contribution >= 4 is 0 Å². The highest BCUT2D eigenvalue weighted by molar-refractivity contribution is 4.88. The Bertz CT molecular complexity index is 170. The molecule has 0 spiro atoms. The molecule has 2 N–H and O–H groups in total. The Morgan fingerprint density at radius 3 is 2.46 bits per heavy atom. The summed E-state index contributed by atoms with van der Waals surface area (Å²) in [6.07, 6.45) is 2.29. The molecule has 0 aliphatic carbocycles. The van der Waals surface area contributed by atoms with Gasteiger partial charge in [0.05, 0.1) is 19.1 Å². The molecule has 0 aromatic rings. The first-order valence-electron chi connectivity index (χ1n) is 4.87. The van der Waals surface area contributed by atoms with Crippen LogP contribution in [-0.4, -0.2) is 23.3 Å². The minimum atomic E-state index is -0.239. The molecule has 3 heteroatoms. The average Bonchev–Trinajstić information content (AvgIpc) is 2.17. The topological polar surface area (TPSA) is 56.0 Å². The maximum atomic E-state index is 9.15. The van der Waals surface area contributed by atoms with Crippen LogP contribution in [0, 0.1) is 11.3 Å². The molecule has 0 rings (SSSR count). The van der Waals surface area contributed by atoms with E-state index in [9.17, 15) is 0 Å². The lowest BCUT2D eigenvalue weighted by molar-refractivity contribution is 0.156. The Hall–Kier alpha value is -0.590. The normalized spacial score (nSPS) is 17.5. The van der Waals surface area contributed by atoms with Crippen LogP contribution < -0.4 is 5.32 Å². The molecule has 76 valence electrons. The molecular weight excluding hydrogens is 164 g/mol. The summed E-state index contributed by atoms with van der Waals surface area (Å²) in [6.45, 7) is 6.17. The number of nitriles is 1. The van der Waals surface area contributed by atoms with Crippen LogP contribution in [0.25, 0.3) is 0 Å². The fourth-order valence-electron chi connectivity index (χ4n) is 1.16. The van der Waals surface area contributed by atoms with E-state index in [-0.39, 0.29) is 18.2 Å². The number of rotatable bonds is 6. The van der Waals surface area contributed by atoms with Gasteiger partial charge in [-0.15, -0.1) is 0 Å². The summed E-state index contributed by atoms with van der Waals surface area (Å²) in [5.74, 6) is 0. The Labute approximate surface area is 80.8 Å². The van der Waals surface area contributed by atoms with E-state index in [0.717, 1.165) is 12.8 Å². The molecule has 0 aliphatic heterocycles. The molecule has 2 unspecified atom stereocenters. The average molecular weight is 184 g/mol. The zero-order chi connectivity index (χ0) is 10.3. The van der Waals surface area contributed by atoms with Gasteiger partial charge in [0, 0.05) is 11.6 Å². The predicted molar refractivity (Wildman–Crippen MR) is 53.2 cm³/mol. The first-order valence-corrected chi connectivity index (χ1v) is 4.87. The minimum absolute atomic E-state index is 0.116. The summed E-state index contributed by atoms with van der Waals surface area (Å²) < 4.78 is 0. The molecule has 0 radical (unpaired) electrons. The van der Waals surface area contributed by atoms with Gasteiger partial charge in [0.2, 0.25) is 0 Å². The Morgan fingerprint density at radius 2 is 2.15 bits per heavy atom. The van der Waals surface area contributed by atoms with Gasteiger partial charge in [-0.05, 0) is 19.8 Å². The maximum Gasteiger partial charge on any atom is 0.0638 e. The van der Waals surface area contributed by atoms with E-state index in [0.29, 0.717) is 6.42 Å². The van der Waals surface area contributed by atoms with Crippen molar-refractivity contribution in [3.8, 4) is 6.07 Å². The Balaban J connectivity index is 4.12. The van der Waals surface area contributed by atoms with Crippen molar-refractivity contribution in [1.82, 2.24) is 5.32 Å². The fourth-order valence-corrected chi connectivity index (χ4v) is 1.16. The number of aliphatic hydroxyl groups excluding tert-OH is 1. The summed E-state index contributed by atoms with van der Waals surface area (Å²) in [5.41, 5.74) is -0.239. The molecule has 0 heterocycles. The third kappa shape index (κ3) is 4.25. The lowest BCUT2D eigenvalue weighted by Gasteiger charge is -2.31. The second-order valence-electron chi connectivity index (χ2n) is 3.68. The van der Waals surface area contributed by atoms with E-state index in [1.165, 1.54) is 0 Å². The summed E-state index contributed by atoms with van der Waals surface area (Å²) >= 11 is 0. The molecule has 0 aromatic carbocycles. The molecule has 0 fully saturated rings. The summed E-state index contributed by atoms with van der Waals surface area (Å²) in [7, 11) is 0. The van der Waals surface area contributed by atoms with Gasteiger partial charge in [-0.2, -0.15) is 5.26 Å². The molecule has 0 saturated carbocycles. The van der Waals surface area contributed by atoms with E-state index in [1.807, 2.05) is 20.8 Å². The van der Waals surface area contributed by atoms with E-state index >= 15 is 0 Å². The van der Waals surface area contributed by atoms with Gasteiger partial charge >= 0.3 is 0 Å². The van der Waals surface area contributed by atoms with Crippen LogP contribution in [0.5, 0.6) is 0 Å². The van der Waals surface area contributed by atoms with E-state index in [1.54, 1.807) is 0 Å². The highest BCUT2D eigenvalue weighted by Crippen LogP contribution is 2.11. The molecule has 0 aliphatic rings. The van der Waals surface area contributed by atoms with Gasteiger partial charge in [-0.1, -0.05) is 13.8 Å². The summed E-state index contributed by atoms with van der Waals surface area (Å²) in [4.78, 5) is 0. The molecule has 0 aromatic heterocycles. The molecule has 2 atom stereocenters. The molecule has 3 nitrogen and oxygen atoms in total. The Morgan fingerprint density at radius 1 is 1.54 bits per heavy atom. The van der Waals surface area contributed by atoms with Crippen molar-refractivity contribution < 1.29 is 5.11 Å². The van der Waals surface area contributed by atoms with E-state index in [4.69, 9.17) is 10.4 Å². The zero-order valence-corrected chi connectivity index (χ0v) is 8.80. The first kappa shape index (κ1) is 12.4. The molecular formula is C10H20N2O. The second kappa shape index (κ2) is 5.95. The first-order chi connectivity index (χ1) is 6.11. The summed E-state index contributed by atoms with van der Waals surface area (Å²) in [5, 5.41) is 21.0. The second-order valence-corrected chi connectivity index (χ2v) is 3.68. The van der Waals surface area contributed by atoms with Crippen molar-refractivity contribution in [3.63, 3.8) is 0 Å². The quantitative estimate of drug-likeness (QED) is 0.656. The largest absolute Gasteiger partial charge is 0.394 e. The van der Waals surface area contributed by atoms with Crippen molar-refractivity contribution in [2.24, 2.45) is 0 Å². The highest BCUT2D eigenvalue weighted by Gasteiger charge is 2.23. The maximum absolute atomic E-state index is 9.15. The number of aliphatic hydroxyl groups is 1. The van der Waals surface area contributed by atoms with Gasteiger partial charge in [0.25, 0.3) is 0 Å². The highest BCUT2D eigenvalue weighted by atomic mass is 16.3. The van der Waals surface area contributed by atoms with E-state index < -0.39 is 0 Å². The zero-order valence-electron chi connectivity index (χ0n) is 8.80.